The summed E-state index contributed by atoms with van der Waals surface area (Å²) in [7, 11) is 3.09. The molecule has 28 heavy (non-hydrogen) atoms. The topological polar surface area (TPSA) is 86.5 Å². The number of hydrogen-bond donors (Lipinski definition) is 1. The fourth-order valence-corrected chi connectivity index (χ4v) is 3.15. The molecule has 9 heteroatoms. The van der Waals surface area contributed by atoms with Crippen LogP contribution in [0.2, 0.25) is 0 Å². The number of anilines is 1. The molecule has 0 unspecified atom stereocenters. The number of methoxy groups -OCH3 is 2. The average molecular weight is 403 g/mol. The number of nitrogens with one attached hydrogen (secondary N) is 1. The summed E-state index contributed by atoms with van der Waals surface area (Å²) in [6.07, 6.45) is 0.243. The third-order valence-electron chi connectivity index (χ3n) is 3.68. The van der Waals surface area contributed by atoms with E-state index in [4.69, 9.17) is 13.9 Å². The minimum atomic E-state index is -0.289. The zero-order valence-electron chi connectivity index (χ0n) is 15.3. The van der Waals surface area contributed by atoms with Gasteiger partial charge in [0.15, 0.2) is 0 Å². The molecule has 7 nitrogen and oxygen atoms in total. The molecule has 1 N–H and O–H groups in total. The quantitative estimate of drug-likeness (QED) is 0.569. The number of hydrogen-bond acceptors (Lipinski definition) is 7. The minimum Gasteiger partial charge on any atom is -0.497 e. The van der Waals surface area contributed by atoms with E-state index in [1.54, 1.807) is 44.6 Å². The molecule has 0 bridgehead atoms. The molecule has 0 spiro atoms. The van der Waals surface area contributed by atoms with Gasteiger partial charge in [-0.1, -0.05) is 5.10 Å². The average Bonchev–Trinajstić information content (AvgIpc) is 3.17. The van der Waals surface area contributed by atoms with Gasteiger partial charge in [-0.3, -0.25) is 10.1 Å². The van der Waals surface area contributed by atoms with Gasteiger partial charge in [0.25, 0.3) is 0 Å². The van der Waals surface area contributed by atoms with Gasteiger partial charge in [-0.15, -0.1) is 16.9 Å². The Labute approximate surface area is 165 Å². The van der Waals surface area contributed by atoms with Gasteiger partial charge in [-0.25, -0.2) is 4.39 Å². The highest BCUT2D eigenvalue weighted by Gasteiger charge is 2.13. The Kier molecular flexibility index (Phi) is 6.49. The molecule has 2 aromatic carbocycles. The fourth-order valence-electron chi connectivity index (χ4n) is 2.30. The van der Waals surface area contributed by atoms with Crippen LogP contribution in [0.25, 0.3) is 11.5 Å². The van der Waals surface area contributed by atoms with Crippen LogP contribution in [-0.2, 0) is 4.79 Å². The molecule has 1 amide bonds. The van der Waals surface area contributed by atoms with Crippen molar-refractivity contribution in [3.05, 3.63) is 48.3 Å². The first-order chi connectivity index (χ1) is 13.6. The van der Waals surface area contributed by atoms with Crippen LogP contribution in [0.15, 0.2) is 51.8 Å². The third kappa shape index (κ3) is 5.23. The number of nitrogens with zero attached hydrogens (tertiary/aromatic N) is 2. The molecule has 1 aromatic heterocycles. The Balaban J connectivity index is 1.56. The van der Waals surface area contributed by atoms with Crippen molar-refractivity contribution < 1.29 is 23.1 Å². The number of aromatic nitrogens is 2. The molecular formula is C19H18FN3O4S. The van der Waals surface area contributed by atoms with E-state index in [1.807, 2.05) is 0 Å². The molecule has 3 rings (SSSR count). The summed E-state index contributed by atoms with van der Waals surface area (Å²) in [5.41, 5.74) is 0.607. The lowest BCUT2D eigenvalue weighted by atomic mass is 10.2. The Morgan fingerprint density at radius 3 is 2.43 bits per heavy atom. The van der Waals surface area contributed by atoms with Gasteiger partial charge < -0.3 is 13.9 Å². The summed E-state index contributed by atoms with van der Waals surface area (Å²) in [6.45, 7) is 0. The molecule has 1 heterocycles. The number of carbonyl (C=O) groups excluding carboxylic acids is 1. The number of rotatable bonds is 8. The summed E-state index contributed by atoms with van der Waals surface area (Å²) < 4.78 is 28.8. The SMILES string of the molecule is COc1cc(OC)cc(-c2nnc(NC(=O)CCSc3ccc(F)cc3)o2)c1. The van der Waals surface area contributed by atoms with Crippen LogP contribution < -0.4 is 14.8 Å². The molecule has 0 saturated carbocycles. The predicted molar refractivity (Wildman–Crippen MR) is 103 cm³/mol. The van der Waals surface area contributed by atoms with Crippen molar-refractivity contribution in [2.45, 2.75) is 11.3 Å². The number of ether oxygens (including phenoxy) is 2. The van der Waals surface area contributed by atoms with E-state index in [0.29, 0.717) is 22.8 Å². The molecule has 3 aromatic rings. The van der Waals surface area contributed by atoms with Crippen molar-refractivity contribution in [2.75, 3.05) is 25.3 Å². The number of thioether (sulfide) groups is 1. The van der Waals surface area contributed by atoms with Gasteiger partial charge in [0.05, 0.1) is 14.2 Å². The molecule has 0 fully saturated rings. The normalized spacial score (nSPS) is 10.5. The molecular weight excluding hydrogens is 385 g/mol. The molecule has 0 radical (unpaired) electrons. The summed E-state index contributed by atoms with van der Waals surface area (Å²) in [4.78, 5) is 12.9. The molecule has 0 saturated heterocycles. The first kappa shape index (κ1) is 19.7. The van der Waals surface area contributed by atoms with Gasteiger partial charge in [0.1, 0.15) is 17.3 Å². The summed E-state index contributed by atoms with van der Waals surface area (Å²) >= 11 is 1.46. The zero-order chi connectivity index (χ0) is 19.9. The standard InChI is InChI=1S/C19H18FN3O4S/c1-25-14-9-12(10-15(11-14)26-2)18-22-23-19(27-18)21-17(24)7-8-28-16-5-3-13(20)4-6-16/h3-6,9-11H,7-8H2,1-2H3,(H,21,23,24). The molecule has 0 atom stereocenters. The van der Waals surface area contributed by atoms with Crippen LogP contribution in [0, 0.1) is 5.82 Å². The lowest BCUT2D eigenvalue weighted by Crippen LogP contribution is -2.12. The van der Waals surface area contributed by atoms with E-state index in [1.165, 1.54) is 23.9 Å². The Morgan fingerprint density at radius 2 is 1.79 bits per heavy atom. The van der Waals surface area contributed by atoms with Crippen molar-refractivity contribution in [2.24, 2.45) is 0 Å². The molecule has 146 valence electrons. The highest BCUT2D eigenvalue weighted by molar-refractivity contribution is 7.99. The van der Waals surface area contributed by atoms with E-state index in [0.717, 1.165) is 4.90 Å². The second-order valence-electron chi connectivity index (χ2n) is 5.61. The van der Waals surface area contributed by atoms with Crippen molar-refractivity contribution in [3.8, 4) is 23.0 Å². The highest BCUT2D eigenvalue weighted by atomic mass is 32.2. The van der Waals surface area contributed by atoms with Gasteiger partial charge in [0, 0.05) is 28.7 Å². The zero-order valence-corrected chi connectivity index (χ0v) is 16.1. The third-order valence-corrected chi connectivity index (χ3v) is 4.69. The van der Waals surface area contributed by atoms with Crippen molar-refractivity contribution in [3.63, 3.8) is 0 Å². The maximum Gasteiger partial charge on any atom is 0.322 e. The number of benzene rings is 2. The first-order valence-electron chi connectivity index (χ1n) is 8.32. The molecule has 0 aliphatic carbocycles. The summed E-state index contributed by atoms with van der Waals surface area (Å²) in [5.74, 6) is 1.38. The summed E-state index contributed by atoms with van der Waals surface area (Å²) in [5, 5.41) is 10.4. The van der Waals surface area contributed by atoms with Crippen LogP contribution in [-0.4, -0.2) is 36.1 Å². The van der Waals surface area contributed by atoms with Gasteiger partial charge in [0.2, 0.25) is 11.8 Å². The van der Waals surface area contributed by atoms with Gasteiger partial charge >= 0.3 is 6.01 Å². The molecule has 0 aliphatic rings. The Morgan fingerprint density at radius 1 is 1.11 bits per heavy atom. The van der Waals surface area contributed by atoms with E-state index >= 15 is 0 Å². The minimum absolute atomic E-state index is 0.00793. The van der Waals surface area contributed by atoms with Crippen molar-refractivity contribution in [1.29, 1.82) is 0 Å². The Bertz CT molecular complexity index is 924. The second kappa shape index (κ2) is 9.23. The van der Waals surface area contributed by atoms with Crippen LogP contribution in [0.4, 0.5) is 10.4 Å². The molecule has 0 aliphatic heterocycles. The van der Waals surface area contributed by atoms with Crippen LogP contribution in [0.5, 0.6) is 11.5 Å². The monoisotopic (exact) mass is 403 g/mol. The van der Waals surface area contributed by atoms with Crippen molar-refractivity contribution >= 4 is 23.7 Å². The second-order valence-corrected chi connectivity index (χ2v) is 6.78. The first-order valence-corrected chi connectivity index (χ1v) is 9.31. The van der Waals surface area contributed by atoms with E-state index in [2.05, 4.69) is 15.5 Å². The highest BCUT2D eigenvalue weighted by Crippen LogP contribution is 2.29. The van der Waals surface area contributed by atoms with Crippen molar-refractivity contribution in [1.82, 2.24) is 10.2 Å². The van der Waals surface area contributed by atoms with Crippen LogP contribution in [0.1, 0.15) is 6.42 Å². The van der Waals surface area contributed by atoms with E-state index in [-0.39, 0.29) is 30.1 Å². The predicted octanol–water partition coefficient (Wildman–Crippen LogP) is 4.01. The number of halogens is 1. The number of carbonyl (C=O) groups is 1. The van der Waals surface area contributed by atoms with Gasteiger partial charge in [-0.05, 0) is 36.4 Å². The maximum atomic E-state index is 12.9. The van der Waals surface area contributed by atoms with Crippen LogP contribution >= 0.6 is 11.8 Å². The lowest BCUT2D eigenvalue weighted by molar-refractivity contribution is -0.115. The van der Waals surface area contributed by atoms with Gasteiger partial charge in [-0.2, -0.15) is 0 Å². The lowest BCUT2D eigenvalue weighted by Gasteiger charge is -2.05. The summed E-state index contributed by atoms with van der Waals surface area (Å²) in [6, 6.07) is 11.3. The van der Waals surface area contributed by atoms with E-state index in [9.17, 15) is 9.18 Å². The fraction of sp³-hybridized carbons (Fsp3) is 0.211. The Hall–Kier alpha value is -3.07. The van der Waals surface area contributed by atoms with Crippen LogP contribution in [0.3, 0.4) is 0 Å². The number of amides is 1. The maximum absolute atomic E-state index is 12.9. The smallest absolute Gasteiger partial charge is 0.322 e. The largest absolute Gasteiger partial charge is 0.497 e. The van der Waals surface area contributed by atoms with E-state index < -0.39 is 0 Å².